The summed E-state index contributed by atoms with van der Waals surface area (Å²) in [6.45, 7) is 1.84. The van der Waals surface area contributed by atoms with Gasteiger partial charge in [0.25, 0.3) is 0 Å². The number of hydrogen-bond acceptors (Lipinski definition) is 6. The van der Waals surface area contributed by atoms with Gasteiger partial charge in [0.2, 0.25) is 10.0 Å². The van der Waals surface area contributed by atoms with Crippen LogP contribution >= 0.6 is 0 Å². The first-order valence-corrected chi connectivity index (χ1v) is 10.7. The Kier molecular flexibility index (Phi) is 3.57. The Hall–Kier alpha value is -1.71. The summed E-state index contributed by atoms with van der Waals surface area (Å²) in [5, 5.41) is 0.998. The minimum Gasteiger partial charge on any atom is -0.372 e. The molecule has 3 aliphatic rings. The average molecular weight is 377 g/mol. The number of ether oxygens (including phenoxy) is 1. The van der Waals surface area contributed by atoms with Crippen molar-refractivity contribution in [2.24, 2.45) is 5.92 Å². The number of H-pyrrole nitrogens is 1. The van der Waals surface area contributed by atoms with Gasteiger partial charge in [-0.3, -0.25) is 0 Å². The third-order valence-electron chi connectivity index (χ3n) is 6.16. The normalized spacial score (nSPS) is 27.7. The van der Waals surface area contributed by atoms with Crippen molar-refractivity contribution >= 4 is 26.9 Å². The van der Waals surface area contributed by atoms with Crippen molar-refractivity contribution in [2.75, 3.05) is 37.4 Å². The molecule has 8 nitrogen and oxygen atoms in total. The van der Waals surface area contributed by atoms with Gasteiger partial charge in [0.15, 0.2) is 0 Å². The molecule has 0 unspecified atom stereocenters. The lowest BCUT2D eigenvalue weighted by atomic mass is 9.81. The molecule has 1 N–H and O–H groups in total. The molecule has 0 atom stereocenters. The van der Waals surface area contributed by atoms with E-state index in [4.69, 9.17) is 4.74 Å². The molecular formula is C17H23N5O3S. The van der Waals surface area contributed by atoms with E-state index in [1.165, 1.54) is 0 Å². The van der Waals surface area contributed by atoms with Gasteiger partial charge in [-0.2, -0.15) is 4.31 Å². The van der Waals surface area contributed by atoms with Crippen LogP contribution in [0.2, 0.25) is 0 Å². The van der Waals surface area contributed by atoms with Crippen LogP contribution in [0.4, 0.5) is 5.82 Å². The van der Waals surface area contributed by atoms with Crippen molar-refractivity contribution in [3.05, 3.63) is 18.6 Å². The molecule has 26 heavy (non-hydrogen) atoms. The molecule has 4 heterocycles. The van der Waals surface area contributed by atoms with Crippen LogP contribution in [0.15, 0.2) is 18.6 Å². The number of hydrogen-bond donors (Lipinski definition) is 1. The molecule has 3 fully saturated rings. The summed E-state index contributed by atoms with van der Waals surface area (Å²) in [7, 11) is -1.14. The second kappa shape index (κ2) is 5.64. The number of aromatic nitrogens is 3. The van der Waals surface area contributed by atoms with Gasteiger partial charge in [-0.15, -0.1) is 0 Å². The molecule has 2 aliphatic heterocycles. The zero-order valence-electron chi connectivity index (χ0n) is 14.8. The summed E-state index contributed by atoms with van der Waals surface area (Å²) < 4.78 is 32.2. The second-order valence-electron chi connectivity index (χ2n) is 7.87. The van der Waals surface area contributed by atoms with Crippen LogP contribution in [0.1, 0.15) is 19.3 Å². The zero-order valence-corrected chi connectivity index (χ0v) is 15.6. The minimum absolute atomic E-state index is 0.148. The Morgan fingerprint density at radius 2 is 2.15 bits per heavy atom. The number of nitrogens with zero attached hydrogens (tertiary/aromatic N) is 4. The van der Waals surface area contributed by atoms with Gasteiger partial charge in [-0.1, -0.05) is 0 Å². The third-order valence-corrected chi connectivity index (χ3v) is 8.10. The number of fused-ring (bicyclic) bond motifs is 1. The van der Waals surface area contributed by atoms with Crippen LogP contribution in [0.25, 0.3) is 11.0 Å². The highest BCUT2D eigenvalue weighted by atomic mass is 32.2. The Bertz CT molecular complexity index is 925. The molecule has 0 amide bonds. The molecule has 2 aromatic heterocycles. The van der Waals surface area contributed by atoms with Crippen molar-refractivity contribution in [1.29, 1.82) is 0 Å². The van der Waals surface area contributed by atoms with Crippen molar-refractivity contribution < 1.29 is 13.2 Å². The van der Waals surface area contributed by atoms with E-state index in [2.05, 4.69) is 19.9 Å². The maximum absolute atomic E-state index is 12.6. The van der Waals surface area contributed by atoms with Gasteiger partial charge in [0, 0.05) is 38.8 Å². The van der Waals surface area contributed by atoms with E-state index in [0.29, 0.717) is 19.1 Å². The molecule has 5 rings (SSSR count). The van der Waals surface area contributed by atoms with E-state index < -0.39 is 10.0 Å². The van der Waals surface area contributed by atoms with Crippen LogP contribution in [0.3, 0.4) is 0 Å². The fourth-order valence-corrected chi connectivity index (χ4v) is 6.24. The highest BCUT2D eigenvalue weighted by Crippen LogP contribution is 2.40. The van der Waals surface area contributed by atoms with Crippen LogP contribution < -0.4 is 4.90 Å². The molecule has 1 spiro atoms. The summed E-state index contributed by atoms with van der Waals surface area (Å²) >= 11 is 0. The van der Waals surface area contributed by atoms with Gasteiger partial charge in [-0.05, 0) is 24.8 Å². The molecule has 2 saturated heterocycles. The van der Waals surface area contributed by atoms with Crippen molar-refractivity contribution in [1.82, 2.24) is 19.3 Å². The molecular weight excluding hydrogens is 354 g/mol. The zero-order chi connectivity index (χ0) is 17.9. The van der Waals surface area contributed by atoms with Crippen molar-refractivity contribution in [3.8, 4) is 0 Å². The van der Waals surface area contributed by atoms with E-state index in [1.54, 1.807) is 10.6 Å². The fraction of sp³-hybridized carbons (Fsp3) is 0.647. The predicted molar refractivity (Wildman–Crippen MR) is 97.5 cm³/mol. The standard InChI is InChI=1S/C17H23N5O3S/c1-21(16-14-2-4-18-15(14)19-11-20-16)13-6-12(7-13)8-26(23,24)22-9-17(10-22)3-5-25-17/h2,4,11-13H,3,5-10H2,1H3,(H,18,19,20)/t12-,13+. The first-order valence-electron chi connectivity index (χ1n) is 9.09. The average Bonchev–Trinajstić information content (AvgIpc) is 2.95. The lowest BCUT2D eigenvalue weighted by Crippen LogP contribution is -2.69. The molecule has 0 bridgehead atoms. The highest BCUT2D eigenvalue weighted by Gasteiger charge is 2.53. The summed E-state index contributed by atoms with van der Waals surface area (Å²) in [5.41, 5.74) is 0.676. The molecule has 1 aliphatic carbocycles. The van der Waals surface area contributed by atoms with E-state index in [1.807, 2.05) is 19.3 Å². The number of aromatic amines is 1. The maximum atomic E-state index is 12.6. The SMILES string of the molecule is CN(c1ncnc2[nH]ccc12)[C@H]1C[C@@H](CS(=O)(=O)N2CC3(CCO3)C2)C1. The Labute approximate surface area is 152 Å². The van der Waals surface area contributed by atoms with Crippen molar-refractivity contribution in [3.63, 3.8) is 0 Å². The van der Waals surface area contributed by atoms with Gasteiger partial charge in [0.05, 0.1) is 23.3 Å². The minimum atomic E-state index is -3.17. The molecule has 0 aromatic carbocycles. The molecule has 1 saturated carbocycles. The van der Waals surface area contributed by atoms with Gasteiger partial charge in [-0.25, -0.2) is 18.4 Å². The van der Waals surface area contributed by atoms with Crippen LogP contribution in [0.5, 0.6) is 0 Å². The number of rotatable bonds is 5. The third kappa shape index (κ3) is 2.52. The first-order chi connectivity index (χ1) is 12.5. The molecule has 2 aromatic rings. The molecule has 0 radical (unpaired) electrons. The lowest BCUT2D eigenvalue weighted by molar-refractivity contribution is -0.200. The van der Waals surface area contributed by atoms with E-state index in [9.17, 15) is 8.42 Å². The van der Waals surface area contributed by atoms with Crippen molar-refractivity contribution in [2.45, 2.75) is 30.9 Å². The smallest absolute Gasteiger partial charge is 0.214 e. The summed E-state index contributed by atoms with van der Waals surface area (Å²) in [5.74, 6) is 1.36. The molecule has 140 valence electrons. The Morgan fingerprint density at radius 3 is 2.85 bits per heavy atom. The van der Waals surface area contributed by atoms with E-state index in [-0.39, 0.29) is 17.3 Å². The summed E-state index contributed by atoms with van der Waals surface area (Å²) in [4.78, 5) is 13.9. The van der Waals surface area contributed by atoms with Crippen LogP contribution in [-0.2, 0) is 14.8 Å². The van der Waals surface area contributed by atoms with E-state index >= 15 is 0 Å². The second-order valence-corrected chi connectivity index (χ2v) is 9.88. The van der Waals surface area contributed by atoms with Gasteiger partial charge >= 0.3 is 0 Å². The Balaban J connectivity index is 1.19. The highest BCUT2D eigenvalue weighted by molar-refractivity contribution is 7.89. The lowest BCUT2D eigenvalue weighted by Gasteiger charge is -2.54. The number of anilines is 1. The summed E-state index contributed by atoms with van der Waals surface area (Å²) in [6.07, 6.45) is 6.16. The Morgan fingerprint density at radius 1 is 1.38 bits per heavy atom. The van der Waals surface area contributed by atoms with E-state index in [0.717, 1.165) is 42.7 Å². The quantitative estimate of drug-likeness (QED) is 0.835. The maximum Gasteiger partial charge on any atom is 0.214 e. The van der Waals surface area contributed by atoms with Crippen LogP contribution in [-0.4, -0.2) is 71.8 Å². The number of sulfonamides is 1. The largest absolute Gasteiger partial charge is 0.372 e. The van der Waals surface area contributed by atoms with Gasteiger partial charge in [0.1, 0.15) is 17.8 Å². The topological polar surface area (TPSA) is 91.4 Å². The predicted octanol–water partition coefficient (Wildman–Crippen LogP) is 0.977. The first kappa shape index (κ1) is 16.5. The monoisotopic (exact) mass is 377 g/mol. The van der Waals surface area contributed by atoms with Gasteiger partial charge < -0.3 is 14.6 Å². The molecule has 9 heteroatoms. The van der Waals surface area contributed by atoms with Crippen LogP contribution in [0, 0.1) is 5.92 Å². The summed E-state index contributed by atoms with van der Waals surface area (Å²) in [6, 6.07) is 2.30. The number of nitrogens with one attached hydrogen (secondary N) is 1. The fourth-order valence-electron chi connectivity index (χ4n) is 4.30.